The lowest BCUT2D eigenvalue weighted by Gasteiger charge is -2.44. The SMILES string of the molecule is Cc1cc2c3c(c1)N(c1c(C)cc(C(C)(C)C)cc1C)c1c(oc4ccc(C(C)(C)C)cc14)B3c1cc3c(cc1N2c1ccc(C(C)(C)C)cc1-c1ccccc1)OCCO3. The topological polar surface area (TPSA) is 38.1 Å². The van der Waals surface area contributed by atoms with Crippen LogP contribution in [0.3, 0.4) is 0 Å². The summed E-state index contributed by atoms with van der Waals surface area (Å²) in [5.41, 5.74) is 20.8. The Bertz CT molecular complexity index is 2900. The number of nitrogens with zero attached hydrogens (tertiary/aromatic N) is 2. The summed E-state index contributed by atoms with van der Waals surface area (Å²) >= 11 is 0. The van der Waals surface area contributed by atoms with Crippen LogP contribution in [0.2, 0.25) is 0 Å². The number of anilines is 6. The van der Waals surface area contributed by atoms with Crippen molar-refractivity contribution in [3.63, 3.8) is 0 Å². The predicted molar refractivity (Wildman–Crippen MR) is 257 cm³/mol. The Hall–Kier alpha value is -5.88. The van der Waals surface area contributed by atoms with Gasteiger partial charge in [-0.1, -0.05) is 117 Å². The van der Waals surface area contributed by atoms with Crippen LogP contribution in [0.1, 0.15) is 95.7 Å². The van der Waals surface area contributed by atoms with Gasteiger partial charge < -0.3 is 23.7 Å². The molecule has 0 unspecified atom stereocenters. The molecule has 7 aromatic rings. The lowest BCUT2D eigenvalue weighted by Crippen LogP contribution is -2.61. The summed E-state index contributed by atoms with van der Waals surface area (Å²) in [5.74, 6) is 1.54. The van der Waals surface area contributed by atoms with E-state index in [0.717, 1.165) is 56.3 Å². The van der Waals surface area contributed by atoms with Crippen LogP contribution in [0.4, 0.5) is 34.1 Å². The smallest absolute Gasteiger partial charge is 0.297 e. The average Bonchev–Trinajstić information content (AvgIpc) is 3.58. The number of ether oxygens (including phenoxy) is 2. The molecule has 5 nitrogen and oxygen atoms in total. The second-order valence-electron chi connectivity index (χ2n) is 20.7. The highest BCUT2D eigenvalue weighted by molar-refractivity contribution is 7.00. The Labute approximate surface area is 362 Å². The van der Waals surface area contributed by atoms with Crippen molar-refractivity contribution < 1.29 is 13.9 Å². The number of fused-ring (bicyclic) bond motifs is 7. The fourth-order valence-electron chi connectivity index (χ4n) is 9.90. The Kier molecular flexibility index (Phi) is 8.73. The maximum Gasteiger partial charge on any atom is 0.297 e. The summed E-state index contributed by atoms with van der Waals surface area (Å²) in [6.07, 6.45) is 0. The van der Waals surface area contributed by atoms with Crippen LogP contribution in [0.15, 0.2) is 108 Å². The zero-order valence-electron chi connectivity index (χ0n) is 37.9. The van der Waals surface area contributed by atoms with Gasteiger partial charge in [0.25, 0.3) is 6.71 Å². The first-order valence-electron chi connectivity index (χ1n) is 22.0. The second-order valence-corrected chi connectivity index (χ2v) is 20.7. The molecule has 4 heterocycles. The van der Waals surface area contributed by atoms with Gasteiger partial charge in [-0.15, -0.1) is 0 Å². The van der Waals surface area contributed by atoms with E-state index in [0.29, 0.717) is 13.2 Å². The van der Waals surface area contributed by atoms with E-state index in [-0.39, 0.29) is 23.0 Å². The van der Waals surface area contributed by atoms with Crippen LogP contribution in [0.25, 0.3) is 22.1 Å². The van der Waals surface area contributed by atoms with E-state index in [1.54, 1.807) is 0 Å². The van der Waals surface area contributed by atoms with Gasteiger partial charge in [-0.25, -0.2) is 0 Å². The van der Waals surface area contributed by atoms with E-state index in [1.807, 2.05) is 0 Å². The molecule has 0 atom stereocenters. The minimum absolute atomic E-state index is 0.00673. The molecule has 3 aliphatic rings. The third-order valence-electron chi connectivity index (χ3n) is 13.1. The van der Waals surface area contributed by atoms with Crippen LogP contribution >= 0.6 is 0 Å². The van der Waals surface area contributed by atoms with Crippen molar-refractivity contribution in [2.75, 3.05) is 23.0 Å². The van der Waals surface area contributed by atoms with Crippen molar-refractivity contribution in [3.8, 4) is 22.6 Å². The Balaban J connectivity index is 1.34. The van der Waals surface area contributed by atoms with E-state index in [4.69, 9.17) is 13.9 Å². The van der Waals surface area contributed by atoms with E-state index in [2.05, 4.69) is 196 Å². The van der Waals surface area contributed by atoms with Crippen LogP contribution in [-0.4, -0.2) is 19.9 Å². The standard InChI is InChI=1S/C55H57BN2O3/c1-32-24-44-49-45(25-32)58(50-33(2)26-38(27-34(50)3)55(10,11)12)51-40-29-37(54(7,8)9)19-21-46(40)61-52(51)56(49)41-30-47-48(60-23-22-59-47)31-43(41)57(44)42-20-18-36(53(4,5)6)28-39(42)35-16-14-13-15-17-35/h13-21,24-31H,22-23H2,1-12H3. The molecule has 0 saturated carbocycles. The summed E-state index contributed by atoms with van der Waals surface area (Å²) < 4.78 is 20.1. The minimum Gasteiger partial charge on any atom is -0.486 e. The fourth-order valence-corrected chi connectivity index (χ4v) is 9.90. The summed E-state index contributed by atoms with van der Waals surface area (Å²) in [6, 6.07) is 38.7. The van der Waals surface area contributed by atoms with Gasteiger partial charge in [-0.2, -0.15) is 0 Å². The largest absolute Gasteiger partial charge is 0.486 e. The van der Waals surface area contributed by atoms with Gasteiger partial charge >= 0.3 is 0 Å². The lowest BCUT2D eigenvalue weighted by atomic mass is 9.35. The highest BCUT2D eigenvalue weighted by Crippen LogP contribution is 2.52. The molecular weight excluding hydrogens is 747 g/mol. The minimum atomic E-state index is -0.215. The average molecular weight is 805 g/mol. The van der Waals surface area contributed by atoms with Gasteiger partial charge in [0.15, 0.2) is 11.5 Å². The summed E-state index contributed by atoms with van der Waals surface area (Å²) in [5, 5.41) is 1.13. The van der Waals surface area contributed by atoms with Gasteiger partial charge in [0.2, 0.25) is 0 Å². The van der Waals surface area contributed by atoms with Crippen LogP contribution in [0.5, 0.6) is 11.5 Å². The molecule has 0 spiro atoms. The zero-order valence-corrected chi connectivity index (χ0v) is 37.9. The highest BCUT2D eigenvalue weighted by Gasteiger charge is 2.48. The molecule has 0 radical (unpaired) electrons. The van der Waals surface area contributed by atoms with Gasteiger partial charge in [0, 0.05) is 34.1 Å². The molecule has 0 amide bonds. The monoisotopic (exact) mass is 804 g/mol. The Morgan fingerprint density at radius 2 is 1.11 bits per heavy atom. The Morgan fingerprint density at radius 3 is 1.75 bits per heavy atom. The highest BCUT2D eigenvalue weighted by atomic mass is 16.6. The summed E-state index contributed by atoms with van der Waals surface area (Å²) in [6.45, 7) is 28.3. The van der Waals surface area contributed by atoms with Crippen molar-refractivity contribution in [1.82, 2.24) is 0 Å². The first-order valence-corrected chi connectivity index (χ1v) is 22.0. The van der Waals surface area contributed by atoms with Crippen molar-refractivity contribution in [2.24, 2.45) is 0 Å². The van der Waals surface area contributed by atoms with Crippen LogP contribution in [-0.2, 0) is 16.2 Å². The quantitative estimate of drug-likeness (QED) is 0.166. The number of furan rings is 1. The molecule has 61 heavy (non-hydrogen) atoms. The van der Waals surface area contributed by atoms with E-state index in [1.165, 1.54) is 61.3 Å². The second kappa shape index (κ2) is 13.6. The first-order chi connectivity index (χ1) is 28.9. The maximum atomic E-state index is 7.30. The Morgan fingerprint density at radius 1 is 0.525 bits per heavy atom. The van der Waals surface area contributed by atoms with Gasteiger partial charge in [-0.05, 0) is 129 Å². The predicted octanol–water partition coefficient (Wildman–Crippen LogP) is 12.8. The van der Waals surface area contributed by atoms with Gasteiger partial charge in [0.05, 0.1) is 22.7 Å². The lowest BCUT2D eigenvalue weighted by molar-refractivity contribution is 0.172. The summed E-state index contributed by atoms with van der Waals surface area (Å²) in [4.78, 5) is 5.05. The third-order valence-corrected chi connectivity index (χ3v) is 13.1. The molecule has 3 aliphatic heterocycles. The summed E-state index contributed by atoms with van der Waals surface area (Å²) in [7, 11) is 0. The first kappa shape index (κ1) is 39.3. The van der Waals surface area contributed by atoms with E-state index >= 15 is 0 Å². The van der Waals surface area contributed by atoms with E-state index < -0.39 is 0 Å². The number of hydrogen-bond acceptors (Lipinski definition) is 5. The van der Waals surface area contributed by atoms with Crippen molar-refractivity contribution in [2.45, 2.75) is 99.3 Å². The fraction of sp³-hybridized carbons (Fsp3) is 0.309. The maximum absolute atomic E-state index is 7.30. The molecule has 6 heteroatoms. The normalized spacial score (nSPS) is 14.6. The van der Waals surface area contributed by atoms with Crippen molar-refractivity contribution >= 4 is 68.4 Å². The molecule has 308 valence electrons. The molecule has 10 rings (SSSR count). The zero-order chi connectivity index (χ0) is 42.9. The van der Waals surface area contributed by atoms with Crippen LogP contribution < -0.4 is 35.9 Å². The van der Waals surface area contributed by atoms with Gasteiger partial charge in [-0.3, -0.25) is 0 Å². The molecule has 1 aromatic heterocycles. The molecule has 6 aromatic carbocycles. The van der Waals surface area contributed by atoms with E-state index in [9.17, 15) is 0 Å². The van der Waals surface area contributed by atoms with Gasteiger partial charge in [0.1, 0.15) is 18.8 Å². The van der Waals surface area contributed by atoms with Crippen molar-refractivity contribution in [1.29, 1.82) is 0 Å². The number of rotatable bonds is 3. The molecule has 0 saturated heterocycles. The molecule has 0 bridgehead atoms. The number of hydrogen-bond donors (Lipinski definition) is 0. The molecular formula is C55H57BN2O3. The molecule has 0 aliphatic carbocycles. The number of aryl methyl sites for hydroxylation is 3. The van der Waals surface area contributed by atoms with Crippen molar-refractivity contribution in [3.05, 3.63) is 137 Å². The molecule has 0 N–H and O–H groups in total. The van der Waals surface area contributed by atoms with Crippen LogP contribution in [0, 0.1) is 20.8 Å². The molecule has 0 fully saturated rings. The third kappa shape index (κ3) is 6.27. The number of benzene rings is 6.